The van der Waals surface area contributed by atoms with Crippen LogP contribution in [0.3, 0.4) is 0 Å². The normalized spacial score (nSPS) is 14.7. The van der Waals surface area contributed by atoms with E-state index in [4.69, 9.17) is 11.5 Å². The van der Waals surface area contributed by atoms with Crippen LogP contribution in [0, 0.1) is 18.3 Å². The van der Waals surface area contributed by atoms with Gasteiger partial charge in [-0.25, -0.2) is 9.59 Å². The van der Waals surface area contributed by atoms with E-state index in [0.717, 1.165) is 12.8 Å². The first kappa shape index (κ1) is 16.8. The maximum atomic E-state index is 12.1. The maximum Gasteiger partial charge on any atom is 0.326 e. The van der Waals surface area contributed by atoms with Crippen molar-refractivity contribution < 1.29 is 24.2 Å². The van der Waals surface area contributed by atoms with Gasteiger partial charge in [0.05, 0.1) is 13.7 Å². The molecule has 1 saturated carbocycles. The molecule has 2 amide bonds. The average Bonchev–Trinajstić information content (AvgIpc) is 3.25. The number of terminal acetylenes is 1. The van der Waals surface area contributed by atoms with E-state index in [1.165, 1.54) is 12.0 Å². The number of ether oxygens (including phenoxy) is 1. The number of hydrogen-bond donors (Lipinski definition) is 2. The smallest absolute Gasteiger partial charge is 0.326 e. The Morgan fingerprint density at radius 1 is 1.48 bits per heavy atom. The number of rotatable bonds is 8. The summed E-state index contributed by atoms with van der Waals surface area (Å²) in [7, 11) is 1.22. The first-order valence-corrected chi connectivity index (χ1v) is 6.76. The highest BCUT2D eigenvalue weighted by Crippen LogP contribution is 2.29. The topological polar surface area (TPSA) is 95.9 Å². The van der Waals surface area contributed by atoms with Crippen molar-refractivity contribution in [1.82, 2.24) is 10.2 Å². The second kappa shape index (κ2) is 8.15. The number of carbonyl (C=O) groups excluding carboxylic acids is 2. The maximum absolute atomic E-state index is 12.1. The highest BCUT2D eigenvalue weighted by molar-refractivity contribution is 5.83. The Balaban J connectivity index is 2.54. The fourth-order valence-corrected chi connectivity index (χ4v) is 1.80. The van der Waals surface area contributed by atoms with Gasteiger partial charge in [0.25, 0.3) is 0 Å². The standard InChI is InChI=1S/C14H20N2O5/c1-3-8-16(9-10-4-5-10)14(20)15-11(13(18)19)6-7-12(17)21-2/h1,10-11H,4-9H2,2H3,(H,15,20)(H,18,19)/t11-/m0/s1. The number of carboxylic acids is 1. The zero-order valence-corrected chi connectivity index (χ0v) is 12.0. The molecule has 1 atom stereocenters. The van der Waals surface area contributed by atoms with Gasteiger partial charge in [-0.05, 0) is 25.2 Å². The highest BCUT2D eigenvalue weighted by atomic mass is 16.5. The van der Waals surface area contributed by atoms with Crippen molar-refractivity contribution in [1.29, 1.82) is 0 Å². The van der Waals surface area contributed by atoms with Gasteiger partial charge in [0.2, 0.25) is 0 Å². The van der Waals surface area contributed by atoms with Crippen LogP contribution in [0.15, 0.2) is 0 Å². The molecule has 0 aliphatic heterocycles. The van der Waals surface area contributed by atoms with Crippen LogP contribution in [0.1, 0.15) is 25.7 Å². The van der Waals surface area contributed by atoms with Crippen molar-refractivity contribution in [3.8, 4) is 12.3 Å². The van der Waals surface area contributed by atoms with Crippen LogP contribution in [0.5, 0.6) is 0 Å². The van der Waals surface area contributed by atoms with Crippen LogP contribution >= 0.6 is 0 Å². The van der Waals surface area contributed by atoms with Crippen molar-refractivity contribution in [2.45, 2.75) is 31.7 Å². The molecule has 0 radical (unpaired) electrons. The monoisotopic (exact) mass is 296 g/mol. The van der Waals surface area contributed by atoms with Crippen LogP contribution in [-0.2, 0) is 14.3 Å². The van der Waals surface area contributed by atoms with Crippen molar-refractivity contribution >= 4 is 18.0 Å². The van der Waals surface area contributed by atoms with Gasteiger partial charge in [0.1, 0.15) is 6.04 Å². The summed E-state index contributed by atoms with van der Waals surface area (Å²) >= 11 is 0. The number of nitrogens with one attached hydrogen (secondary N) is 1. The number of methoxy groups -OCH3 is 1. The molecule has 0 unspecified atom stereocenters. The summed E-state index contributed by atoms with van der Waals surface area (Å²) in [6.07, 6.45) is 7.23. The van der Waals surface area contributed by atoms with Gasteiger partial charge in [-0.3, -0.25) is 4.79 Å². The fraction of sp³-hybridized carbons (Fsp3) is 0.643. The summed E-state index contributed by atoms with van der Waals surface area (Å²) in [6, 6.07) is -1.66. The Morgan fingerprint density at radius 2 is 2.14 bits per heavy atom. The minimum Gasteiger partial charge on any atom is -0.480 e. The molecular weight excluding hydrogens is 276 g/mol. The quantitative estimate of drug-likeness (QED) is 0.501. The summed E-state index contributed by atoms with van der Waals surface area (Å²) < 4.78 is 4.45. The summed E-state index contributed by atoms with van der Waals surface area (Å²) in [5.74, 6) is 1.12. The molecule has 0 heterocycles. The first-order valence-electron chi connectivity index (χ1n) is 6.76. The summed E-state index contributed by atoms with van der Waals surface area (Å²) in [5, 5.41) is 11.5. The van der Waals surface area contributed by atoms with Gasteiger partial charge in [0.15, 0.2) is 0 Å². The number of esters is 1. The Morgan fingerprint density at radius 3 is 2.62 bits per heavy atom. The number of urea groups is 1. The molecule has 1 rings (SSSR count). The Bertz CT molecular complexity index is 439. The SMILES string of the molecule is C#CCN(CC1CC1)C(=O)N[C@@H](CCC(=O)OC)C(=O)O. The fourth-order valence-electron chi connectivity index (χ4n) is 1.80. The molecule has 7 heteroatoms. The lowest BCUT2D eigenvalue weighted by Crippen LogP contribution is -2.48. The van der Waals surface area contributed by atoms with Crippen LogP contribution in [-0.4, -0.2) is 54.2 Å². The number of hydrogen-bond acceptors (Lipinski definition) is 4. The Labute approximate surface area is 123 Å². The van der Waals surface area contributed by atoms with Crippen molar-refractivity contribution in [2.24, 2.45) is 5.92 Å². The largest absolute Gasteiger partial charge is 0.480 e. The second-order valence-electron chi connectivity index (χ2n) is 4.98. The average molecular weight is 296 g/mol. The molecule has 0 spiro atoms. The number of amides is 2. The third kappa shape index (κ3) is 6.17. The van der Waals surface area contributed by atoms with E-state index >= 15 is 0 Å². The minimum absolute atomic E-state index is 0.0267. The van der Waals surface area contributed by atoms with Crippen LogP contribution in [0.25, 0.3) is 0 Å². The molecule has 7 nitrogen and oxygen atoms in total. The molecule has 116 valence electrons. The van der Waals surface area contributed by atoms with Crippen molar-refractivity contribution in [2.75, 3.05) is 20.2 Å². The van der Waals surface area contributed by atoms with Gasteiger partial charge in [-0.2, -0.15) is 0 Å². The lowest BCUT2D eigenvalue weighted by atomic mass is 10.1. The summed E-state index contributed by atoms with van der Waals surface area (Å²) in [4.78, 5) is 35.7. The van der Waals surface area contributed by atoms with Gasteiger partial charge in [-0.1, -0.05) is 5.92 Å². The Hall–Kier alpha value is -2.23. The van der Waals surface area contributed by atoms with Crippen LogP contribution in [0.2, 0.25) is 0 Å². The molecule has 1 aliphatic carbocycles. The molecule has 0 aromatic carbocycles. The molecule has 0 aromatic rings. The van der Waals surface area contributed by atoms with E-state index in [1.807, 2.05) is 0 Å². The third-order valence-electron chi connectivity index (χ3n) is 3.21. The van der Waals surface area contributed by atoms with E-state index in [1.54, 1.807) is 0 Å². The molecule has 0 aromatic heterocycles. The second-order valence-corrected chi connectivity index (χ2v) is 4.98. The van der Waals surface area contributed by atoms with E-state index in [9.17, 15) is 14.4 Å². The van der Waals surface area contributed by atoms with E-state index in [0.29, 0.717) is 12.5 Å². The summed E-state index contributed by atoms with van der Waals surface area (Å²) in [5.41, 5.74) is 0. The van der Waals surface area contributed by atoms with Gasteiger partial charge in [-0.15, -0.1) is 6.42 Å². The van der Waals surface area contributed by atoms with Crippen molar-refractivity contribution in [3.63, 3.8) is 0 Å². The molecule has 21 heavy (non-hydrogen) atoms. The Kier molecular flexibility index (Phi) is 6.53. The summed E-state index contributed by atoms with van der Waals surface area (Å²) in [6.45, 7) is 0.658. The molecule has 0 saturated heterocycles. The predicted octanol–water partition coefficient (Wildman–Crippen LogP) is 0.448. The number of aliphatic carboxylic acids is 1. The lowest BCUT2D eigenvalue weighted by molar-refractivity contribution is -0.142. The predicted molar refractivity (Wildman–Crippen MR) is 74.3 cm³/mol. The highest BCUT2D eigenvalue weighted by Gasteiger charge is 2.28. The zero-order valence-electron chi connectivity index (χ0n) is 12.0. The molecule has 1 fully saturated rings. The minimum atomic E-state index is -1.20. The molecule has 0 bridgehead atoms. The van der Waals surface area contributed by atoms with E-state index in [2.05, 4.69) is 16.0 Å². The number of carbonyl (C=O) groups is 3. The molecule has 1 aliphatic rings. The van der Waals surface area contributed by atoms with Gasteiger partial charge < -0.3 is 20.1 Å². The third-order valence-corrected chi connectivity index (χ3v) is 3.21. The first-order chi connectivity index (χ1) is 9.97. The van der Waals surface area contributed by atoms with E-state index in [-0.39, 0.29) is 19.4 Å². The number of carboxylic acid groups (broad SMARTS) is 1. The zero-order chi connectivity index (χ0) is 15.8. The van der Waals surface area contributed by atoms with Gasteiger partial charge >= 0.3 is 18.0 Å². The van der Waals surface area contributed by atoms with Crippen molar-refractivity contribution in [3.05, 3.63) is 0 Å². The lowest BCUT2D eigenvalue weighted by Gasteiger charge is -2.23. The van der Waals surface area contributed by atoms with Crippen LogP contribution in [0.4, 0.5) is 4.79 Å². The van der Waals surface area contributed by atoms with Crippen LogP contribution < -0.4 is 5.32 Å². The molecule has 2 N–H and O–H groups in total. The van der Waals surface area contributed by atoms with E-state index < -0.39 is 24.0 Å². The number of nitrogens with zero attached hydrogens (tertiary/aromatic N) is 1. The molecular formula is C14H20N2O5. The van der Waals surface area contributed by atoms with Gasteiger partial charge in [0, 0.05) is 13.0 Å².